The Bertz CT molecular complexity index is 1120. The number of rotatable bonds is 16. The molecule has 0 aliphatic carbocycles. The molecule has 1 saturated heterocycles. The van der Waals surface area contributed by atoms with Crippen molar-refractivity contribution in [3.8, 4) is 5.75 Å². The molecular weight excluding hydrogens is 458 g/mol. The van der Waals surface area contributed by atoms with Gasteiger partial charge in [0.15, 0.2) is 0 Å². The van der Waals surface area contributed by atoms with Gasteiger partial charge in [-0.3, -0.25) is 4.79 Å². The summed E-state index contributed by atoms with van der Waals surface area (Å²) in [6.07, 6.45) is 16.7. The molecular formula is C32H45N3O2. The van der Waals surface area contributed by atoms with Gasteiger partial charge in [-0.15, -0.1) is 0 Å². The van der Waals surface area contributed by atoms with Crippen LogP contribution >= 0.6 is 0 Å². The number of aromatic nitrogens is 2. The van der Waals surface area contributed by atoms with E-state index in [1.54, 1.807) is 7.11 Å². The second-order valence-electron chi connectivity index (χ2n) is 10.6. The quantitative estimate of drug-likeness (QED) is 0.185. The Balaban J connectivity index is 1.31. The van der Waals surface area contributed by atoms with Gasteiger partial charge in [0, 0.05) is 25.4 Å². The van der Waals surface area contributed by atoms with E-state index in [-0.39, 0.29) is 11.8 Å². The zero-order chi connectivity index (χ0) is 25.9. The average molecular weight is 504 g/mol. The van der Waals surface area contributed by atoms with Crippen LogP contribution in [-0.2, 0) is 11.3 Å². The SMILES string of the molecule is CCCCCCCCCCCCCCn1c([C@H]2CC(=O)N(c3ccccc3OC)C2)nc2ccccc21. The van der Waals surface area contributed by atoms with E-state index in [0.717, 1.165) is 35.7 Å². The molecule has 2 aromatic carbocycles. The summed E-state index contributed by atoms with van der Waals surface area (Å²) >= 11 is 0. The van der Waals surface area contributed by atoms with Gasteiger partial charge in [0.1, 0.15) is 11.6 Å². The van der Waals surface area contributed by atoms with Gasteiger partial charge in [0.25, 0.3) is 0 Å². The van der Waals surface area contributed by atoms with Crippen LogP contribution < -0.4 is 9.64 Å². The predicted molar refractivity (Wildman–Crippen MR) is 154 cm³/mol. The lowest BCUT2D eigenvalue weighted by atomic mass is 10.1. The lowest BCUT2D eigenvalue weighted by molar-refractivity contribution is -0.117. The largest absolute Gasteiger partial charge is 0.495 e. The number of imidazole rings is 1. The number of hydrogen-bond donors (Lipinski definition) is 0. The van der Waals surface area contributed by atoms with Crippen molar-refractivity contribution in [2.75, 3.05) is 18.6 Å². The van der Waals surface area contributed by atoms with Crippen molar-refractivity contribution in [3.63, 3.8) is 0 Å². The Hall–Kier alpha value is -2.82. The first-order valence-corrected chi connectivity index (χ1v) is 14.6. The molecule has 0 bridgehead atoms. The van der Waals surface area contributed by atoms with Crippen LogP contribution in [0.3, 0.4) is 0 Å². The van der Waals surface area contributed by atoms with Crippen molar-refractivity contribution in [3.05, 3.63) is 54.4 Å². The van der Waals surface area contributed by atoms with Gasteiger partial charge in [-0.1, -0.05) is 102 Å². The van der Waals surface area contributed by atoms with Crippen molar-refractivity contribution < 1.29 is 9.53 Å². The van der Waals surface area contributed by atoms with Crippen LogP contribution in [-0.4, -0.2) is 29.1 Å². The molecule has 1 aliphatic rings. The van der Waals surface area contributed by atoms with Gasteiger partial charge in [-0.2, -0.15) is 0 Å². The second kappa shape index (κ2) is 14.2. The van der Waals surface area contributed by atoms with E-state index in [9.17, 15) is 4.79 Å². The Kier molecular flexibility index (Phi) is 10.5. The van der Waals surface area contributed by atoms with Crippen LogP contribution in [0.4, 0.5) is 5.69 Å². The van der Waals surface area contributed by atoms with E-state index in [4.69, 9.17) is 9.72 Å². The number of anilines is 1. The number of fused-ring (bicyclic) bond motifs is 1. The van der Waals surface area contributed by atoms with E-state index in [1.807, 2.05) is 35.2 Å². The lowest BCUT2D eigenvalue weighted by Crippen LogP contribution is -2.25. The minimum atomic E-state index is 0.0853. The molecule has 0 spiro atoms. The highest BCUT2D eigenvalue weighted by Gasteiger charge is 2.35. The van der Waals surface area contributed by atoms with Crippen molar-refractivity contribution in [1.29, 1.82) is 0 Å². The maximum atomic E-state index is 13.1. The number of unbranched alkanes of at least 4 members (excludes halogenated alkanes) is 11. The molecule has 2 heterocycles. The maximum Gasteiger partial charge on any atom is 0.227 e. The number of hydrogen-bond acceptors (Lipinski definition) is 3. The van der Waals surface area contributed by atoms with Gasteiger partial charge in [-0.05, 0) is 30.7 Å². The highest BCUT2D eigenvalue weighted by Crippen LogP contribution is 2.37. The summed E-state index contributed by atoms with van der Waals surface area (Å²) < 4.78 is 7.91. The summed E-state index contributed by atoms with van der Waals surface area (Å²) in [6, 6.07) is 16.2. The van der Waals surface area contributed by atoms with E-state index < -0.39 is 0 Å². The fraction of sp³-hybridized carbons (Fsp3) is 0.562. The number of carbonyl (C=O) groups is 1. The molecule has 1 aromatic heterocycles. The lowest BCUT2D eigenvalue weighted by Gasteiger charge is -2.19. The number of amides is 1. The fourth-order valence-corrected chi connectivity index (χ4v) is 5.72. The molecule has 1 aliphatic heterocycles. The minimum absolute atomic E-state index is 0.0853. The Morgan fingerprint density at radius 3 is 2.16 bits per heavy atom. The van der Waals surface area contributed by atoms with Gasteiger partial charge in [0.05, 0.1) is 23.8 Å². The van der Waals surface area contributed by atoms with Crippen LogP contribution in [0.25, 0.3) is 11.0 Å². The van der Waals surface area contributed by atoms with Crippen molar-refractivity contribution in [2.24, 2.45) is 0 Å². The Morgan fingerprint density at radius 1 is 0.838 bits per heavy atom. The summed E-state index contributed by atoms with van der Waals surface area (Å²) in [5, 5.41) is 0. The molecule has 1 atom stereocenters. The number of methoxy groups -OCH3 is 1. The summed E-state index contributed by atoms with van der Waals surface area (Å²) in [5.41, 5.74) is 3.06. The number of ether oxygens (including phenoxy) is 1. The van der Waals surface area contributed by atoms with Crippen molar-refractivity contribution in [2.45, 2.75) is 103 Å². The maximum absolute atomic E-state index is 13.1. The van der Waals surface area contributed by atoms with Gasteiger partial charge in [-0.25, -0.2) is 4.98 Å². The topological polar surface area (TPSA) is 47.4 Å². The summed E-state index contributed by atoms with van der Waals surface area (Å²) in [6.45, 7) is 3.89. The molecule has 0 radical (unpaired) electrons. The van der Waals surface area contributed by atoms with Crippen LogP contribution in [0.15, 0.2) is 48.5 Å². The molecule has 1 fully saturated rings. The smallest absolute Gasteiger partial charge is 0.227 e. The van der Waals surface area contributed by atoms with E-state index in [2.05, 4.69) is 29.7 Å². The van der Waals surface area contributed by atoms with Crippen LogP contribution in [0.1, 0.15) is 102 Å². The van der Waals surface area contributed by atoms with Crippen LogP contribution in [0.2, 0.25) is 0 Å². The first-order chi connectivity index (χ1) is 18.2. The normalized spacial score (nSPS) is 15.7. The molecule has 5 heteroatoms. The van der Waals surface area contributed by atoms with E-state index in [1.165, 1.54) is 76.1 Å². The van der Waals surface area contributed by atoms with Crippen molar-refractivity contribution >= 4 is 22.6 Å². The number of carbonyl (C=O) groups excluding carboxylic acids is 1. The average Bonchev–Trinajstić information content (AvgIpc) is 3.49. The van der Waals surface area contributed by atoms with Gasteiger partial charge in [0.2, 0.25) is 5.91 Å². The highest BCUT2D eigenvalue weighted by atomic mass is 16.5. The molecule has 1 amide bonds. The second-order valence-corrected chi connectivity index (χ2v) is 10.6. The zero-order valence-electron chi connectivity index (χ0n) is 23.0. The molecule has 0 unspecified atom stereocenters. The van der Waals surface area contributed by atoms with Crippen molar-refractivity contribution in [1.82, 2.24) is 9.55 Å². The highest BCUT2D eigenvalue weighted by molar-refractivity contribution is 5.97. The first-order valence-electron chi connectivity index (χ1n) is 14.6. The first kappa shape index (κ1) is 27.2. The van der Waals surface area contributed by atoms with Crippen LogP contribution in [0, 0.1) is 0 Å². The van der Waals surface area contributed by atoms with E-state index >= 15 is 0 Å². The molecule has 0 N–H and O–H groups in total. The molecule has 5 nitrogen and oxygen atoms in total. The third-order valence-electron chi connectivity index (χ3n) is 7.79. The number of benzene rings is 2. The Labute approximate surface area is 223 Å². The fourth-order valence-electron chi connectivity index (χ4n) is 5.72. The standard InChI is InChI=1S/C32H45N3O2/c1-3-4-5-6-7-8-9-10-11-12-13-18-23-34-28-20-15-14-19-27(28)33-32(34)26-24-31(36)35(25-26)29-21-16-17-22-30(29)37-2/h14-17,19-22,26H,3-13,18,23-25H2,1-2H3/t26-/m0/s1. The summed E-state index contributed by atoms with van der Waals surface area (Å²) in [5.74, 6) is 2.01. The summed E-state index contributed by atoms with van der Waals surface area (Å²) in [7, 11) is 1.66. The van der Waals surface area contributed by atoms with E-state index in [0.29, 0.717) is 13.0 Å². The molecule has 4 rings (SSSR count). The Morgan fingerprint density at radius 2 is 1.46 bits per heavy atom. The monoisotopic (exact) mass is 503 g/mol. The summed E-state index contributed by atoms with van der Waals surface area (Å²) in [4.78, 5) is 20.0. The minimum Gasteiger partial charge on any atom is -0.495 e. The van der Waals surface area contributed by atoms with Gasteiger partial charge < -0.3 is 14.2 Å². The van der Waals surface area contributed by atoms with Crippen LogP contribution in [0.5, 0.6) is 5.75 Å². The molecule has 0 saturated carbocycles. The third kappa shape index (κ3) is 7.15. The molecule has 3 aromatic rings. The molecule has 37 heavy (non-hydrogen) atoms. The predicted octanol–water partition coefficient (Wildman–Crippen LogP) is 8.27. The molecule has 200 valence electrons. The number of aryl methyl sites for hydroxylation is 1. The number of nitrogens with zero attached hydrogens (tertiary/aromatic N) is 3. The zero-order valence-corrected chi connectivity index (χ0v) is 23.0. The number of para-hydroxylation sites is 4. The van der Waals surface area contributed by atoms with Gasteiger partial charge >= 0.3 is 0 Å². The third-order valence-corrected chi connectivity index (χ3v) is 7.79.